The fourth-order valence-corrected chi connectivity index (χ4v) is 4.92. The monoisotopic (exact) mass is 161 g/mol. The van der Waals surface area contributed by atoms with Gasteiger partial charge in [-0.15, -0.1) is 0 Å². The van der Waals surface area contributed by atoms with E-state index in [4.69, 9.17) is 0 Å². The van der Waals surface area contributed by atoms with Gasteiger partial charge < -0.3 is 4.90 Å². The van der Waals surface area contributed by atoms with Gasteiger partial charge in [0.1, 0.15) is 0 Å². The third-order valence-corrected chi connectivity index (χ3v) is 5.32. The molecule has 0 radical (unpaired) electrons. The van der Waals surface area contributed by atoms with E-state index in [1.54, 1.807) is 0 Å². The minimum Gasteiger partial charge on any atom is -0.339 e. The van der Waals surface area contributed by atoms with Gasteiger partial charge in [0.05, 0.1) is 5.41 Å². The summed E-state index contributed by atoms with van der Waals surface area (Å²) in [7, 11) is 0. The highest BCUT2D eigenvalue weighted by Gasteiger charge is 2.99. The molecule has 1 amide bonds. The highest BCUT2D eigenvalue weighted by Crippen LogP contribution is 2.99. The molecule has 5 aliphatic carbocycles. The molecule has 6 rings (SSSR count). The Morgan fingerprint density at radius 3 is 2.58 bits per heavy atom. The Morgan fingerprint density at radius 2 is 2.17 bits per heavy atom. The molecule has 6 unspecified atom stereocenters. The number of carbonyl (C=O) groups excluding carboxylic acids is 1. The maximum absolute atomic E-state index is 12.0. The summed E-state index contributed by atoms with van der Waals surface area (Å²) in [6.45, 7) is 2.12. The van der Waals surface area contributed by atoms with Crippen LogP contribution in [0.15, 0.2) is 0 Å². The molecule has 0 aromatic rings. The second-order valence-corrected chi connectivity index (χ2v) is 5.36. The van der Waals surface area contributed by atoms with Crippen LogP contribution in [0.4, 0.5) is 0 Å². The summed E-state index contributed by atoms with van der Waals surface area (Å²) in [5, 5.41) is 0. The molecule has 6 aliphatic rings. The second-order valence-electron chi connectivity index (χ2n) is 5.36. The molecule has 1 heterocycles. The SMILES string of the molecule is O=C(N1CC1)C12C3CC4C(C41)C32. The van der Waals surface area contributed by atoms with Crippen molar-refractivity contribution in [3.05, 3.63) is 0 Å². The molecule has 6 fully saturated rings. The van der Waals surface area contributed by atoms with Gasteiger partial charge >= 0.3 is 0 Å². The van der Waals surface area contributed by atoms with Crippen LogP contribution in [-0.2, 0) is 4.79 Å². The molecule has 0 aromatic carbocycles. The first-order valence-electron chi connectivity index (χ1n) is 5.16. The number of hydrogen-bond donors (Lipinski definition) is 0. The van der Waals surface area contributed by atoms with Gasteiger partial charge in [-0.3, -0.25) is 4.79 Å². The van der Waals surface area contributed by atoms with E-state index in [-0.39, 0.29) is 5.41 Å². The van der Waals surface area contributed by atoms with E-state index in [0.29, 0.717) is 5.91 Å². The van der Waals surface area contributed by atoms with E-state index >= 15 is 0 Å². The van der Waals surface area contributed by atoms with Crippen molar-refractivity contribution in [2.45, 2.75) is 6.42 Å². The molecule has 2 bridgehead atoms. The van der Waals surface area contributed by atoms with Crippen LogP contribution in [0.25, 0.3) is 0 Å². The molecule has 2 heteroatoms. The van der Waals surface area contributed by atoms with Crippen molar-refractivity contribution in [2.24, 2.45) is 35.0 Å². The van der Waals surface area contributed by atoms with Crippen molar-refractivity contribution in [3.63, 3.8) is 0 Å². The van der Waals surface area contributed by atoms with Crippen molar-refractivity contribution in [1.82, 2.24) is 4.90 Å². The molecule has 6 atom stereocenters. The molecule has 0 aromatic heterocycles. The van der Waals surface area contributed by atoms with E-state index in [2.05, 4.69) is 4.90 Å². The zero-order valence-corrected chi connectivity index (χ0v) is 6.86. The molecule has 2 nitrogen and oxygen atoms in total. The second kappa shape index (κ2) is 1.08. The fourth-order valence-electron chi connectivity index (χ4n) is 4.92. The van der Waals surface area contributed by atoms with Crippen molar-refractivity contribution in [3.8, 4) is 0 Å². The molecule has 0 spiro atoms. The Bertz CT molecular complexity index is 314. The maximum atomic E-state index is 12.0. The first kappa shape index (κ1) is 5.25. The molecule has 1 saturated heterocycles. The van der Waals surface area contributed by atoms with E-state index in [1.165, 1.54) is 6.42 Å². The maximum Gasteiger partial charge on any atom is 0.229 e. The summed E-state index contributed by atoms with van der Waals surface area (Å²) in [5.74, 6) is 5.26. The van der Waals surface area contributed by atoms with Crippen LogP contribution < -0.4 is 0 Å². The van der Waals surface area contributed by atoms with E-state index in [9.17, 15) is 4.79 Å². The quantitative estimate of drug-likeness (QED) is 0.508. The lowest BCUT2D eigenvalue weighted by molar-refractivity contribution is -0.135. The highest BCUT2D eigenvalue weighted by molar-refractivity contribution is 5.93. The van der Waals surface area contributed by atoms with Crippen LogP contribution in [0.1, 0.15) is 6.42 Å². The van der Waals surface area contributed by atoms with Gasteiger partial charge in [0.15, 0.2) is 0 Å². The van der Waals surface area contributed by atoms with Crippen LogP contribution in [0.2, 0.25) is 0 Å². The highest BCUT2D eigenvalue weighted by atomic mass is 16.2. The number of amides is 1. The Balaban J connectivity index is 1.64. The van der Waals surface area contributed by atoms with E-state index in [1.807, 2.05) is 0 Å². The van der Waals surface area contributed by atoms with Crippen LogP contribution in [0.5, 0.6) is 0 Å². The fraction of sp³-hybridized carbons (Fsp3) is 0.900. The predicted octanol–water partition coefficient (Wildman–Crippen LogP) is 0.340. The average molecular weight is 161 g/mol. The van der Waals surface area contributed by atoms with Crippen molar-refractivity contribution < 1.29 is 4.79 Å². The van der Waals surface area contributed by atoms with Crippen LogP contribution in [-0.4, -0.2) is 23.9 Å². The Hall–Kier alpha value is -0.530. The first-order chi connectivity index (χ1) is 5.87. The van der Waals surface area contributed by atoms with Crippen molar-refractivity contribution in [1.29, 1.82) is 0 Å². The Labute approximate surface area is 70.9 Å². The number of carbonyl (C=O) groups is 1. The van der Waals surface area contributed by atoms with E-state index < -0.39 is 0 Å². The zero-order valence-electron chi connectivity index (χ0n) is 6.86. The summed E-state index contributed by atoms with van der Waals surface area (Å²) < 4.78 is 0. The van der Waals surface area contributed by atoms with Gasteiger partial charge in [0.25, 0.3) is 0 Å². The third kappa shape index (κ3) is 0.267. The van der Waals surface area contributed by atoms with Crippen LogP contribution in [0, 0.1) is 35.0 Å². The molecule has 62 valence electrons. The van der Waals surface area contributed by atoms with Crippen molar-refractivity contribution in [2.75, 3.05) is 13.1 Å². The lowest BCUT2D eigenvalue weighted by Gasteiger charge is -2.23. The van der Waals surface area contributed by atoms with Gasteiger partial charge in [0, 0.05) is 13.1 Å². The Kier molecular flexibility index (Phi) is 0.473. The summed E-state index contributed by atoms with van der Waals surface area (Å²) >= 11 is 0. The van der Waals surface area contributed by atoms with E-state index in [0.717, 1.165) is 42.7 Å². The minimum absolute atomic E-state index is 0.284. The molecule has 0 N–H and O–H groups in total. The van der Waals surface area contributed by atoms with Gasteiger partial charge in [0.2, 0.25) is 5.91 Å². The summed E-state index contributed by atoms with van der Waals surface area (Å²) in [6.07, 6.45) is 1.42. The topological polar surface area (TPSA) is 20.1 Å². The first-order valence-corrected chi connectivity index (χ1v) is 5.16. The predicted molar refractivity (Wildman–Crippen MR) is 41.1 cm³/mol. The van der Waals surface area contributed by atoms with Crippen LogP contribution >= 0.6 is 0 Å². The van der Waals surface area contributed by atoms with Crippen molar-refractivity contribution >= 4 is 5.91 Å². The van der Waals surface area contributed by atoms with Gasteiger partial charge in [-0.25, -0.2) is 0 Å². The van der Waals surface area contributed by atoms with Crippen LogP contribution in [0.3, 0.4) is 0 Å². The lowest BCUT2D eigenvalue weighted by atomic mass is 9.83. The number of hydrogen-bond acceptors (Lipinski definition) is 1. The number of rotatable bonds is 1. The molecular weight excluding hydrogens is 150 g/mol. The lowest BCUT2D eigenvalue weighted by Crippen LogP contribution is -2.33. The third-order valence-electron chi connectivity index (χ3n) is 5.32. The largest absolute Gasteiger partial charge is 0.339 e. The van der Waals surface area contributed by atoms with Gasteiger partial charge in [-0.05, 0) is 36.0 Å². The smallest absolute Gasteiger partial charge is 0.229 e. The summed E-state index contributed by atoms with van der Waals surface area (Å²) in [4.78, 5) is 14.0. The van der Waals surface area contributed by atoms with Gasteiger partial charge in [-0.1, -0.05) is 0 Å². The molecule has 5 saturated carbocycles. The molecular formula is C10H11NO. The van der Waals surface area contributed by atoms with Gasteiger partial charge in [-0.2, -0.15) is 0 Å². The average Bonchev–Trinajstić information content (AvgIpc) is 2.93. The molecule has 1 aliphatic heterocycles. The minimum atomic E-state index is 0.284. The zero-order chi connectivity index (χ0) is 7.66. The summed E-state index contributed by atoms with van der Waals surface area (Å²) in [5.41, 5.74) is 0.284. The number of nitrogens with zero attached hydrogens (tertiary/aromatic N) is 1. The Morgan fingerprint density at radius 1 is 1.33 bits per heavy atom. The molecule has 12 heavy (non-hydrogen) atoms. The summed E-state index contributed by atoms with van der Waals surface area (Å²) in [6, 6.07) is 0. The standard InChI is InChI=1S/C10H11NO/c12-9(11-1-2-11)10-5-3-4-6(7(4)10)8(5)10/h4-8H,1-3H2. The normalized spacial score (nSPS) is 71.7.